The fourth-order valence-corrected chi connectivity index (χ4v) is 3.65. The molecule has 164 valence electrons. The molecule has 2 unspecified atom stereocenters. The average molecular weight is 417 g/mol. The van der Waals surface area contributed by atoms with Crippen LogP contribution in [-0.4, -0.2) is 80.5 Å². The highest BCUT2D eigenvalue weighted by Gasteiger charge is 2.39. The molecule has 3 amide bonds. The van der Waals surface area contributed by atoms with Crippen LogP contribution in [0.1, 0.15) is 30.1 Å². The molecular formula is C22H32N4O4. The summed E-state index contributed by atoms with van der Waals surface area (Å²) in [6.07, 6.45) is 1.73. The lowest BCUT2D eigenvalue weighted by Gasteiger charge is -2.34. The van der Waals surface area contributed by atoms with Crippen LogP contribution in [0.5, 0.6) is 0 Å². The number of hydrogen-bond donors (Lipinski definition) is 2. The Labute approximate surface area is 177 Å². The summed E-state index contributed by atoms with van der Waals surface area (Å²) in [5.74, 6) is 0.517. The molecule has 2 aliphatic rings. The van der Waals surface area contributed by atoms with E-state index < -0.39 is 0 Å². The number of nitrogens with zero attached hydrogens (tertiary/aromatic N) is 2. The van der Waals surface area contributed by atoms with E-state index in [0.717, 1.165) is 12.8 Å². The number of amides is 3. The number of benzene rings is 1. The van der Waals surface area contributed by atoms with Gasteiger partial charge in [0.25, 0.3) is 5.91 Å². The first-order chi connectivity index (χ1) is 14.5. The lowest BCUT2D eigenvalue weighted by molar-refractivity contribution is -0.122. The van der Waals surface area contributed by atoms with E-state index in [1.165, 1.54) is 0 Å². The second kappa shape index (κ2) is 10.5. The number of piperazine rings is 1. The Hall–Kier alpha value is -2.45. The summed E-state index contributed by atoms with van der Waals surface area (Å²) in [4.78, 5) is 40.9. The molecule has 0 spiro atoms. The van der Waals surface area contributed by atoms with E-state index in [9.17, 15) is 14.4 Å². The zero-order valence-corrected chi connectivity index (χ0v) is 17.9. The number of carbonyl (C=O) groups is 3. The molecule has 1 aliphatic carbocycles. The van der Waals surface area contributed by atoms with Gasteiger partial charge in [0.2, 0.25) is 11.8 Å². The highest BCUT2D eigenvalue weighted by molar-refractivity contribution is 5.98. The van der Waals surface area contributed by atoms with Crippen molar-refractivity contribution >= 4 is 23.4 Å². The number of methoxy groups -OCH3 is 1. The molecule has 0 radical (unpaired) electrons. The monoisotopic (exact) mass is 416 g/mol. The van der Waals surface area contributed by atoms with Crippen LogP contribution in [0.25, 0.3) is 0 Å². The van der Waals surface area contributed by atoms with Gasteiger partial charge in [-0.2, -0.15) is 0 Å². The Bertz CT molecular complexity index is 761. The second-order valence-corrected chi connectivity index (χ2v) is 8.15. The maximum atomic E-state index is 12.9. The van der Waals surface area contributed by atoms with Crippen LogP contribution in [0, 0.1) is 11.8 Å². The zero-order valence-electron chi connectivity index (χ0n) is 17.9. The molecular weight excluding hydrogens is 384 g/mol. The van der Waals surface area contributed by atoms with Gasteiger partial charge < -0.3 is 20.3 Å². The number of hydrogen-bond acceptors (Lipinski definition) is 5. The summed E-state index contributed by atoms with van der Waals surface area (Å²) >= 11 is 0. The lowest BCUT2D eigenvalue weighted by Crippen LogP contribution is -2.51. The van der Waals surface area contributed by atoms with Crippen LogP contribution in [0.3, 0.4) is 0 Å². The van der Waals surface area contributed by atoms with Crippen molar-refractivity contribution in [3.8, 4) is 0 Å². The number of ether oxygens (including phenoxy) is 1. The molecule has 1 saturated carbocycles. The molecule has 0 bridgehead atoms. The van der Waals surface area contributed by atoms with Crippen molar-refractivity contribution in [3.05, 3.63) is 29.8 Å². The Kier molecular flexibility index (Phi) is 7.81. The van der Waals surface area contributed by atoms with Crippen molar-refractivity contribution < 1.29 is 19.1 Å². The fourth-order valence-electron chi connectivity index (χ4n) is 3.65. The summed E-state index contributed by atoms with van der Waals surface area (Å²) in [6, 6.07) is 7.12. The van der Waals surface area contributed by atoms with E-state index in [-0.39, 0.29) is 23.6 Å². The first-order valence-electron chi connectivity index (χ1n) is 10.7. The van der Waals surface area contributed by atoms with Crippen LogP contribution in [-0.2, 0) is 14.3 Å². The topological polar surface area (TPSA) is 91.0 Å². The van der Waals surface area contributed by atoms with Gasteiger partial charge in [-0.05, 0) is 37.0 Å². The summed E-state index contributed by atoms with van der Waals surface area (Å²) in [5, 5.41) is 5.80. The minimum atomic E-state index is -0.0467. The Morgan fingerprint density at radius 1 is 1.17 bits per heavy atom. The third-order valence-corrected chi connectivity index (χ3v) is 5.70. The third kappa shape index (κ3) is 6.27. The predicted octanol–water partition coefficient (Wildman–Crippen LogP) is 1.19. The standard InChI is InChI=1S/C22H32N4O4/c1-16-13-19(16)21(28)24-18-6-3-5-17(14-18)22(29)26-10-8-25(9-11-26)15-20(27)23-7-4-12-30-2/h3,5-6,14,16,19H,4,7-13,15H2,1-2H3,(H,23,27)(H,24,28). The first-order valence-corrected chi connectivity index (χ1v) is 10.7. The first kappa shape index (κ1) is 22.2. The van der Waals surface area contributed by atoms with Gasteiger partial charge in [0.1, 0.15) is 0 Å². The second-order valence-electron chi connectivity index (χ2n) is 8.15. The maximum Gasteiger partial charge on any atom is 0.254 e. The van der Waals surface area contributed by atoms with E-state index in [0.29, 0.717) is 63.0 Å². The number of rotatable bonds is 9. The van der Waals surface area contributed by atoms with Crippen LogP contribution < -0.4 is 10.6 Å². The molecule has 2 fully saturated rings. The third-order valence-electron chi connectivity index (χ3n) is 5.70. The summed E-state index contributed by atoms with van der Waals surface area (Å²) in [7, 11) is 1.64. The van der Waals surface area contributed by atoms with Gasteiger partial charge in [-0.1, -0.05) is 13.0 Å². The molecule has 8 nitrogen and oxygen atoms in total. The van der Waals surface area contributed by atoms with E-state index in [1.54, 1.807) is 30.2 Å². The Morgan fingerprint density at radius 3 is 2.57 bits per heavy atom. The summed E-state index contributed by atoms with van der Waals surface area (Å²) in [6.45, 7) is 6.12. The molecule has 1 aromatic carbocycles. The Morgan fingerprint density at radius 2 is 1.90 bits per heavy atom. The normalized spacial score (nSPS) is 21.2. The van der Waals surface area contributed by atoms with Crippen molar-refractivity contribution in [3.63, 3.8) is 0 Å². The minimum Gasteiger partial charge on any atom is -0.385 e. The van der Waals surface area contributed by atoms with E-state index >= 15 is 0 Å². The van der Waals surface area contributed by atoms with Crippen molar-refractivity contribution in [2.24, 2.45) is 11.8 Å². The summed E-state index contributed by atoms with van der Waals surface area (Å²) in [5.41, 5.74) is 1.23. The zero-order chi connectivity index (χ0) is 21.5. The van der Waals surface area contributed by atoms with Crippen LogP contribution >= 0.6 is 0 Å². The Balaban J connectivity index is 1.44. The average Bonchev–Trinajstić information content (AvgIpc) is 3.48. The van der Waals surface area contributed by atoms with Crippen LogP contribution in [0.2, 0.25) is 0 Å². The maximum absolute atomic E-state index is 12.9. The molecule has 8 heteroatoms. The number of nitrogens with one attached hydrogen (secondary N) is 2. The van der Waals surface area contributed by atoms with Crippen molar-refractivity contribution in [2.45, 2.75) is 19.8 Å². The predicted molar refractivity (Wildman–Crippen MR) is 114 cm³/mol. The van der Waals surface area contributed by atoms with Crippen LogP contribution in [0.15, 0.2) is 24.3 Å². The molecule has 30 heavy (non-hydrogen) atoms. The highest BCUT2D eigenvalue weighted by Crippen LogP contribution is 2.38. The van der Waals surface area contributed by atoms with Crippen LogP contribution in [0.4, 0.5) is 5.69 Å². The molecule has 0 aromatic heterocycles. The number of anilines is 1. The van der Waals surface area contributed by atoms with Gasteiger partial charge >= 0.3 is 0 Å². The van der Waals surface area contributed by atoms with Gasteiger partial charge in [-0.15, -0.1) is 0 Å². The SMILES string of the molecule is COCCCNC(=O)CN1CCN(C(=O)c2cccc(NC(=O)C3CC3C)c2)CC1. The number of carbonyl (C=O) groups excluding carboxylic acids is 3. The molecule has 1 heterocycles. The molecule has 2 N–H and O–H groups in total. The lowest BCUT2D eigenvalue weighted by atomic mass is 10.1. The van der Waals surface area contributed by atoms with Crippen molar-refractivity contribution in [1.29, 1.82) is 0 Å². The minimum absolute atomic E-state index is 0.000645. The van der Waals surface area contributed by atoms with Gasteiger partial charge in [0.15, 0.2) is 0 Å². The molecule has 1 saturated heterocycles. The van der Waals surface area contributed by atoms with Gasteiger partial charge in [0.05, 0.1) is 6.54 Å². The molecule has 2 atom stereocenters. The van der Waals surface area contributed by atoms with Gasteiger partial charge in [0, 0.05) is 63.6 Å². The molecule has 1 aliphatic heterocycles. The fraction of sp³-hybridized carbons (Fsp3) is 0.591. The summed E-state index contributed by atoms with van der Waals surface area (Å²) < 4.78 is 4.97. The van der Waals surface area contributed by atoms with E-state index in [4.69, 9.17) is 4.74 Å². The van der Waals surface area contributed by atoms with Crippen molar-refractivity contribution in [2.75, 3.05) is 58.3 Å². The quantitative estimate of drug-likeness (QED) is 0.590. The smallest absolute Gasteiger partial charge is 0.254 e. The van der Waals surface area contributed by atoms with Gasteiger partial charge in [-0.25, -0.2) is 0 Å². The van der Waals surface area contributed by atoms with Gasteiger partial charge in [-0.3, -0.25) is 19.3 Å². The largest absolute Gasteiger partial charge is 0.385 e. The molecule has 1 aromatic rings. The van der Waals surface area contributed by atoms with E-state index in [2.05, 4.69) is 22.5 Å². The highest BCUT2D eigenvalue weighted by atomic mass is 16.5. The molecule has 3 rings (SSSR count). The van der Waals surface area contributed by atoms with E-state index in [1.807, 2.05) is 6.07 Å². The van der Waals surface area contributed by atoms with Crippen molar-refractivity contribution in [1.82, 2.24) is 15.1 Å².